The first kappa shape index (κ1) is 13.5. The van der Waals surface area contributed by atoms with Crippen LogP contribution in [0.15, 0.2) is 12.3 Å². The SMILES string of the molecule is CCCCOC1C=COCC1OCCCC. The highest BCUT2D eigenvalue weighted by Gasteiger charge is 2.23. The molecular weight excluding hydrogens is 204 g/mol. The van der Waals surface area contributed by atoms with Gasteiger partial charge in [0.1, 0.15) is 18.8 Å². The van der Waals surface area contributed by atoms with Gasteiger partial charge in [0, 0.05) is 13.2 Å². The predicted molar refractivity (Wildman–Crippen MR) is 64.4 cm³/mol. The van der Waals surface area contributed by atoms with E-state index in [0.717, 1.165) is 38.9 Å². The van der Waals surface area contributed by atoms with Crippen LogP contribution in [0.25, 0.3) is 0 Å². The molecule has 2 atom stereocenters. The fraction of sp³-hybridized carbons (Fsp3) is 0.846. The van der Waals surface area contributed by atoms with E-state index in [9.17, 15) is 0 Å². The smallest absolute Gasteiger partial charge is 0.121 e. The van der Waals surface area contributed by atoms with Crippen LogP contribution in [-0.2, 0) is 14.2 Å². The molecule has 3 nitrogen and oxygen atoms in total. The zero-order valence-corrected chi connectivity index (χ0v) is 10.5. The molecule has 1 rings (SSSR count). The standard InChI is InChI=1S/C13H24O3/c1-3-5-8-15-12-7-10-14-11-13(12)16-9-6-4-2/h7,10,12-13H,3-6,8-9,11H2,1-2H3. The minimum absolute atomic E-state index is 0.0633. The van der Waals surface area contributed by atoms with Gasteiger partial charge in [0.25, 0.3) is 0 Å². The first-order valence-corrected chi connectivity index (χ1v) is 6.40. The zero-order chi connectivity index (χ0) is 11.6. The van der Waals surface area contributed by atoms with Crippen molar-refractivity contribution in [1.29, 1.82) is 0 Å². The molecule has 0 aromatic rings. The van der Waals surface area contributed by atoms with Crippen LogP contribution in [0.4, 0.5) is 0 Å². The summed E-state index contributed by atoms with van der Waals surface area (Å²) in [5, 5.41) is 0. The van der Waals surface area contributed by atoms with Crippen molar-refractivity contribution < 1.29 is 14.2 Å². The molecule has 0 N–H and O–H groups in total. The van der Waals surface area contributed by atoms with Crippen molar-refractivity contribution in [2.24, 2.45) is 0 Å². The summed E-state index contributed by atoms with van der Waals surface area (Å²) >= 11 is 0. The van der Waals surface area contributed by atoms with Crippen molar-refractivity contribution >= 4 is 0 Å². The molecule has 0 aromatic heterocycles. The van der Waals surface area contributed by atoms with Crippen LogP contribution < -0.4 is 0 Å². The maximum atomic E-state index is 5.77. The summed E-state index contributed by atoms with van der Waals surface area (Å²) in [6, 6.07) is 0. The molecule has 1 heterocycles. The van der Waals surface area contributed by atoms with E-state index in [0.29, 0.717) is 6.61 Å². The van der Waals surface area contributed by atoms with E-state index in [4.69, 9.17) is 14.2 Å². The average molecular weight is 228 g/mol. The lowest BCUT2D eigenvalue weighted by molar-refractivity contribution is -0.0868. The summed E-state index contributed by atoms with van der Waals surface area (Å²) in [6.07, 6.45) is 8.32. The molecule has 0 fully saturated rings. The van der Waals surface area contributed by atoms with Gasteiger partial charge in [-0.2, -0.15) is 0 Å². The summed E-state index contributed by atoms with van der Waals surface area (Å²) in [6.45, 7) is 6.54. The van der Waals surface area contributed by atoms with Crippen molar-refractivity contribution in [3.05, 3.63) is 12.3 Å². The Morgan fingerprint density at radius 1 is 1.12 bits per heavy atom. The first-order valence-electron chi connectivity index (χ1n) is 6.40. The van der Waals surface area contributed by atoms with Crippen molar-refractivity contribution in [2.45, 2.75) is 51.7 Å². The number of unbranched alkanes of at least 4 members (excludes halogenated alkanes) is 2. The molecule has 94 valence electrons. The zero-order valence-electron chi connectivity index (χ0n) is 10.5. The van der Waals surface area contributed by atoms with Crippen molar-refractivity contribution in [3.63, 3.8) is 0 Å². The Morgan fingerprint density at radius 2 is 1.81 bits per heavy atom. The molecule has 1 aliphatic heterocycles. The van der Waals surface area contributed by atoms with Gasteiger partial charge in [0.05, 0.1) is 6.26 Å². The van der Waals surface area contributed by atoms with Crippen LogP contribution in [0.2, 0.25) is 0 Å². The molecule has 0 aliphatic carbocycles. The van der Waals surface area contributed by atoms with Crippen molar-refractivity contribution in [2.75, 3.05) is 19.8 Å². The van der Waals surface area contributed by atoms with Gasteiger partial charge in [-0.15, -0.1) is 0 Å². The molecule has 0 saturated carbocycles. The lowest BCUT2D eigenvalue weighted by atomic mass is 10.2. The Hall–Kier alpha value is -0.540. The molecule has 0 bridgehead atoms. The van der Waals surface area contributed by atoms with Gasteiger partial charge in [-0.25, -0.2) is 0 Å². The van der Waals surface area contributed by atoms with Gasteiger partial charge < -0.3 is 14.2 Å². The lowest BCUT2D eigenvalue weighted by Gasteiger charge is -2.27. The van der Waals surface area contributed by atoms with E-state index in [1.807, 2.05) is 6.08 Å². The second-order valence-corrected chi connectivity index (χ2v) is 4.11. The van der Waals surface area contributed by atoms with Crippen molar-refractivity contribution in [3.8, 4) is 0 Å². The normalized spacial score (nSPS) is 24.4. The quantitative estimate of drug-likeness (QED) is 0.598. The summed E-state index contributed by atoms with van der Waals surface area (Å²) in [7, 11) is 0. The van der Waals surface area contributed by atoms with Gasteiger partial charge in [-0.3, -0.25) is 0 Å². The Balaban J connectivity index is 2.25. The largest absolute Gasteiger partial charge is 0.499 e. The highest BCUT2D eigenvalue weighted by Crippen LogP contribution is 2.13. The topological polar surface area (TPSA) is 27.7 Å². The van der Waals surface area contributed by atoms with Crippen LogP contribution in [0.1, 0.15) is 39.5 Å². The minimum atomic E-state index is 0.0633. The van der Waals surface area contributed by atoms with Gasteiger partial charge in [0.15, 0.2) is 0 Å². The second-order valence-electron chi connectivity index (χ2n) is 4.11. The molecule has 16 heavy (non-hydrogen) atoms. The van der Waals surface area contributed by atoms with E-state index in [1.165, 1.54) is 0 Å². The van der Waals surface area contributed by atoms with Crippen LogP contribution in [0, 0.1) is 0 Å². The fourth-order valence-electron chi connectivity index (χ4n) is 1.55. The average Bonchev–Trinajstić information content (AvgIpc) is 2.32. The summed E-state index contributed by atoms with van der Waals surface area (Å²) in [5.74, 6) is 0. The van der Waals surface area contributed by atoms with E-state index < -0.39 is 0 Å². The molecule has 0 spiro atoms. The molecule has 0 amide bonds. The van der Waals surface area contributed by atoms with Gasteiger partial charge in [0.2, 0.25) is 0 Å². The van der Waals surface area contributed by atoms with E-state index in [1.54, 1.807) is 6.26 Å². The number of ether oxygens (including phenoxy) is 3. The molecule has 0 aromatic carbocycles. The Labute approximate surface area is 98.8 Å². The monoisotopic (exact) mass is 228 g/mol. The van der Waals surface area contributed by atoms with Crippen LogP contribution in [-0.4, -0.2) is 32.0 Å². The molecule has 3 heteroatoms. The maximum absolute atomic E-state index is 5.77. The third kappa shape index (κ3) is 4.99. The van der Waals surface area contributed by atoms with Crippen LogP contribution in [0.5, 0.6) is 0 Å². The van der Waals surface area contributed by atoms with E-state index in [2.05, 4.69) is 13.8 Å². The van der Waals surface area contributed by atoms with E-state index >= 15 is 0 Å². The molecule has 1 aliphatic rings. The molecule has 2 unspecified atom stereocenters. The minimum Gasteiger partial charge on any atom is -0.499 e. The lowest BCUT2D eigenvalue weighted by Crippen LogP contribution is -2.36. The summed E-state index contributed by atoms with van der Waals surface area (Å²) < 4.78 is 16.8. The van der Waals surface area contributed by atoms with Gasteiger partial charge >= 0.3 is 0 Å². The van der Waals surface area contributed by atoms with Gasteiger partial charge in [-0.05, 0) is 18.9 Å². The molecule has 0 saturated heterocycles. The summed E-state index contributed by atoms with van der Waals surface area (Å²) in [5.41, 5.74) is 0. The number of rotatable bonds is 8. The molecular formula is C13H24O3. The summed E-state index contributed by atoms with van der Waals surface area (Å²) in [4.78, 5) is 0. The number of hydrogen-bond donors (Lipinski definition) is 0. The highest BCUT2D eigenvalue weighted by atomic mass is 16.6. The van der Waals surface area contributed by atoms with Crippen molar-refractivity contribution in [1.82, 2.24) is 0 Å². The Bertz CT molecular complexity index is 192. The van der Waals surface area contributed by atoms with Crippen LogP contribution in [0.3, 0.4) is 0 Å². The fourth-order valence-corrected chi connectivity index (χ4v) is 1.55. The third-order valence-corrected chi connectivity index (χ3v) is 2.63. The maximum Gasteiger partial charge on any atom is 0.121 e. The van der Waals surface area contributed by atoms with Crippen LogP contribution >= 0.6 is 0 Å². The van der Waals surface area contributed by atoms with E-state index in [-0.39, 0.29) is 12.2 Å². The Morgan fingerprint density at radius 3 is 2.50 bits per heavy atom. The third-order valence-electron chi connectivity index (χ3n) is 2.63. The second kappa shape index (κ2) is 8.59. The molecule has 0 radical (unpaired) electrons. The highest BCUT2D eigenvalue weighted by molar-refractivity contribution is 4.94. The first-order chi connectivity index (χ1) is 7.88. The Kier molecular flexibility index (Phi) is 7.26. The van der Waals surface area contributed by atoms with Gasteiger partial charge in [-0.1, -0.05) is 26.7 Å². The number of hydrogen-bond acceptors (Lipinski definition) is 3. The predicted octanol–water partition coefficient (Wildman–Crippen LogP) is 2.90.